The topological polar surface area (TPSA) is 71.1 Å². The Labute approximate surface area is 221 Å². The monoisotopic (exact) mass is 507 g/mol. The van der Waals surface area contributed by atoms with E-state index < -0.39 is 5.60 Å². The molecule has 2 aromatic rings. The molecule has 37 heavy (non-hydrogen) atoms. The molecule has 1 heterocycles. The van der Waals surface area contributed by atoms with Gasteiger partial charge in [0.1, 0.15) is 11.7 Å². The largest absolute Gasteiger partial charge is 0.446 e. The zero-order valence-electron chi connectivity index (χ0n) is 22.6. The number of hydrogen-bond acceptors (Lipinski definition) is 5. The highest BCUT2D eigenvalue weighted by Gasteiger charge is 2.36. The van der Waals surface area contributed by atoms with Crippen LogP contribution in [0.1, 0.15) is 70.2 Å². The molecule has 4 rings (SSSR count). The van der Waals surface area contributed by atoms with Crippen LogP contribution in [-0.2, 0) is 9.47 Å². The van der Waals surface area contributed by atoms with Crippen LogP contribution in [0.5, 0.6) is 0 Å². The zero-order valence-corrected chi connectivity index (χ0v) is 22.6. The third kappa shape index (κ3) is 7.25. The SMILES string of the molecule is CC1CCCC1OC(=O)NC(c1ccccc1)C(c1ccccc1)N1CCN(C(=O)OC(C)(C)C)CC1. The summed E-state index contributed by atoms with van der Waals surface area (Å²) < 4.78 is 11.5. The number of rotatable bonds is 6. The average molecular weight is 508 g/mol. The van der Waals surface area contributed by atoms with Crippen molar-refractivity contribution in [3.05, 3.63) is 71.8 Å². The average Bonchev–Trinajstić information content (AvgIpc) is 3.28. The molecule has 1 saturated carbocycles. The van der Waals surface area contributed by atoms with Crippen molar-refractivity contribution in [2.24, 2.45) is 5.92 Å². The molecule has 1 aliphatic carbocycles. The van der Waals surface area contributed by atoms with Gasteiger partial charge < -0.3 is 19.7 Å². The predicted molar refractivity (Wildman–Crippen MR) is 144 cm³/mol. The Morgan fingerprint density at radius 3 is 2.03 bits per heavy atom. The number of alkyl carbamates (subject to hydrolysis) is 1. The van der Waals surface area contributed by atoms with Gasteiger partial charge in [0.25, 0.3) is 0 Å². The van der Waals surface area contributed by atoms with Crippen molar-refractivity contribution < 1.29 is 19.1 Å². The predicted octanol–water partition coefficient (Wildman–Crippen LogP) is 5.94. The molecule has 0 bridgehead atoms. The molecule has 4 atom stereocenters. The summed E-state index contributed by atoms with van der Waals surface area (Å²) in [6.45, 7) is 10.2. The maximum absolute atomic E-state index is 13.2. The molecular formula is C30H41N3O4. The van der Waals surface area contributed by atoms with Crippen LogP contribution in [0.15, 0.2) is 60.7 Å². The molecule has 2 fully saturated rings. The lowest BCUT2D eigenvalue weighted by atomic mass is 9.91. The maximum atomic E-state index is 13.2. The number of hydrogen-bond donors (Lipinski definition) is 1. The molecule has 200 valence electrons. The van der Waals surface area contributed by atoms with Crippen molar-refractivity contribution in [3.63, 3.8) is 0 Å². The lowest BCUT2D eigenvalue weighted by Crippen LogP contribution is -2.53. The van der Waals surface area contributed by atoms with Crippen molar-refractivity contribution in [2.75, 3.05) is 26.2 Å². The number of piperazine rings is 1. The van der Waals surface area contributed by atoms with E-state index in [2.05, 4.69) is 41.4 Å². The van der Waals surface area contributed by atoms with Crippen LogP contribution in [0, 0.1) is 5.92 Å². The van der Waals surface area contributed by atoms with Crippen molar-refractivity contribution in [1.29, 1.82) is 0 Å². The van der Waals surface area contributed by atoms with E-state index in [1.54, 1.807) is 4.90 Å². The summed E-state index contributed by atoms with van der Waals surface area (Å²) in [5.41, 5.74) is 1.60. The molecule has 0 radical (unpaired) electrons. The second kappa shape index (κ2) is 12.0. The Kier molecular flexibility index (Phi) is 8.75. The summed E-state index contributed by atoms with van der Waals surface area (Å²) in [6.07, 6.45) is 2.41. The maximum Gasteiger partial charge on any atom is 0.410 e. The highest BCUT2D eigenvalue weighted by Crippen LogP contribution is 2.36. The molecule has 0 spiro atoms. The van der Waals surface area contributed by atoms with Crippen LogP contribution in [0.2, 0.25) is 0 Å². The molecule has 1 aliphatic heterocycles. The fourth-order valence-electron chi connectivity index (χ4n) is 5.36. The lowest BCUT2D eigenvalue weighted by Gasteiger charge is -2.42. The van der Waals surface area contributed by atoms with E-state index in [1.165, 1.54) is 0 Å². The van der Waals surface area contributed by atoms with Gasteiger partial charge in [-0.15, -0.1) is 0 Å². The highest BCUT2D eigenvalue weighted by molar-refractivity contribution is 5.69. The molecule has 1 N–H and O–H groups in total. The zero-order chi connectivity index (χ0) is 26.4. The smallest absolute Gasteiger partial charge is 0.410 e. The Hall–Kier alpha value is -3.06. The van der Waals surface area contributed by atoms with E-state index in [-0.39, 0.29) is 30.4 Å². The quantitative estimate of drug-likeness (QED) is 0.524. The van der Waals surface area contributed by atoms with E-state index in [4.69, 9.17) is 9.47 Å². The summed E-state index contributed by atoms with van der Waals surface area (Å²) in [5.74, 6) is 0.381. The van der Waals surface area contributed by atoms with E-state index in [9.17, 15) is 9.59 Å². The summed E-state index contributed by atoms with van der Waals surface area (Å²) >= 11 is 0. The number of nitrogens with one attached hydrogen (secondary N) is 1. The first-order valence-corrected chi connectivity index (χ1v) is 13.5. The van der Waals surface area contributed by atoms with E-state index >= 15 is 0 Å². The van der Waals surface area contributed by atoms with Crippen LogP contribution in [0.3, 0.4) is 0 Å². The van der Waals surface area contributed by atoms with Gasteiger partial charge in [-0.25, -0.2) is 9.59 Å². The number of carbonyl (C=O) groups is 2. The first-order valence-electron chi connectivity index (χ1n) is 13.5. The summed E-state index contributed by atoms with van der Waals surface area (Å²) in [7, 11) is 0. The number of nitrogens with zero attached hydrogens (tertiary/aromatic N) is 2. The normalized spacial score (nSPS) is 22.2. The number of amides is 2. The number of carbonyl (C=O) groups excluding carboxylic acids is 2. The van der Waals surface area contributed by atoms with Gasteiger partial charge in [-0.05, 0) is 57.1 Å². The second-order valence-electron chi connectivity index (χ2n) is 11.2. The summed E-state index contributed by atoms with van der Waals surface area (Å²) in [5, 5.41) is 3.23. The van der Waals surface area contributed by atoms with Crippen molar-refractivity contribution >= 4 is 12.2 Å². The molecule has 2 aliphatic rings. The Bertz CT molecular complexity index is 1020. The number of ether oxygens (including phenoxy) is 2. The van der Waals surface area contributed by atoms with Gasteiger partial charge in [-0.3, -0.25) is 4.90 Å². The molecule has 7 nitrogen and oxygen atoms in total. The van der Waals surface area contributed by atoms with Crippen LogP contribution >= 0.6 is 0 Å². The molecule has 7 heteroatoms. The van der Waals surface area contributed by atoms with E-state index in [1.807, 2.05) is 57.2 Å². The first-order chi connectivity index (χ1) is 17.7. The van der Waals surface area contributed by atoms with Crippen molar-refractivity contribution in [1.82, 2.24) is 15.1 Å². The lowest BCUT2D eigenvalue weighted by molar-refractivity contribution is 0.00749. The minimum Gasteiger partial charge on any atom is -0.446 e. The van der Waals surface area contributed by atoms with Gasteiger partial charge in [0.15, 0.2) is 0 Å². The third-order valence-electron chi connectivity index (χ3n) is 7.29. The van der Waals surface area contributed by atoms with Gasteiger partial charge >= 0.3 is 12.2 Å². The Balaban J connectivity index is 1.57. The molecular weight excluding hydrogens is 466 g/mol. The molecule has 1 saturated heterocycles. The fraction of sp³-hybridized carbons (Fsp3) is 0.533. The fourth-order valence-corrected chi connectivity index (χ4v) is 5.36. The van der Waals surface area contributed by atoms with E-state index in [0.29, 0.717) is 32.1 Å². The number of benzene rings is 2. The Morgan fingerprint density at radius 2 is 1.49 bits per heavy atom. The minimum atomic E-state index is -0.527. The molecule has 2 aromatic carbocycles. The van der Waals surface area contributed by atoms with Crippen LogP contribution in [0.4, 0.5) is 9.59 Å². The van der Waals surface area contributed by atoms with Gasteiger partial charge in [0.2, 0.25) is 0 Å². The van der Waals surface area contributed by atoms with Gasteiger partial charge in [0, 0.05) is 26.2 Å². The van der Waals surface area contributed by atoms with Crippen molar-refractivity contribution in [2.45, 2.75) is 70.7 Å². The van der Waals surface area contributed by atoms with Gasteiger partial charge in [-0.1, -0.05) is 67.6 Å². The first kappa shape index (κ1) is 27.0. The highest BCUT2D eigenvalue weighted by atomic mass is 16.6. The van der Waals surface area contributed by atoms with Gasteiger partial charge in [-0.2, -0.15) is 0 Å². The summed E-state index contributed by atoms with van der Waals surface area (Å²) in [6, 6.07) is 19.9. The molecule has 2 amide bonds. The molecule has 0 aromatic heterocycles. The van der Waals surface area contributed by atoms with Gasteiger partial charge in [0.05, 0.1) is 12.1 Å². The van der Waals surface area contributed by atoms with Crippen LogP contribution in [-0.4, -0.2) is 59.9 Å². The van der Waals surface area contributed by atoms with E-state index in [0.717, 1.165) is 30.4 Å². The third-order valence-corrected chi connectivity index (χ3v) is 7.29. The standard InChI is InChI=1S/C30H41N3O4/c1-22-12-11-17-25(22)36-28(34)31-26(23-13-7-5-8-14-23)27(24-15-9-6-10-16-24)32-18-20-33(21-19-32)29(35)37-30(2,3)4/h5-10,13-16,22,25-27H,11-12,17-21H2,1-4H3,(H,31,34). The van der Waals surface area contributed by atoms with Crippen LogP contribution < -0.4 is 5.32 Å². The van der Waals surface area contributed by atoms with Crippen LogP contribution in [0.25, 0.3) is 0 Å². The van der Waals surface area contributed by atoms with Crippen molar-refractivity contribution in [3.8, 4) is 0 Å². The molecule has 4 unspecified atom stereocenters. The minimum absolute atomic E-state index is 0.0380. The second-order valence-corrected chi connectivity index (χ2v) is 11.2. The Morgan fingerprint density at radius 1 is 0.892 bits per heavy atom. The summed E-state index contributed by atoms with van der Waals surface area (Å²) in [4.78, 5) is 30.0.